The topological polar surface area (TPSA) is 43.1 Å². The average Bonchev–Trinajstić information content (AvgIpc) is 2.24. The summed E-state index contributed by atoms with van der Waals surface area (Å²) in [4.78, 5) is 10.9. The lowest BCUT2D eigenvalue weighted by Gasteiger charge is -2.16. The fraction of sp³-hybridized carbons (Fsp3) is 0.364. The molecule has 0 spiro atoms. The first-order chi connectivity index (χ1) is 8.43. The molecule has 1 aromatic rings. The Morgan fingerprint density at radius 1 is 1.00 bits per heavy atom. The molecule has 1 aromatic carbocycles. The lowest BCUT2D eigenvalue weighted by molar-refractivity contribution is -0.143. The van der Waals surface area contributed by atoms with Gasteiger partial charge >= 0.3 is 12.4 Å². The van der Waals surface area contributed by atoms with Gasteiger partial charge in [0.2, 0.25) is 5.91 Å². The molecular weight excluding hydrogens is 276 g/mol. The van der Waals surface area contributed by atoms with Crippen LogP contribution in [0.4, 0.5) is 26.3 Å². The minimum absolute atomic E-state index is 0.00276. The standard InChI is InChI=1S/C11H9F6NO/c1-5(9(18)19)6-2-7(10(12,13)14)4-8(3-6)11(15,16)17/h2-5H,1H3,(H2,18,19). The first kappa shape index (κ1) is 15.3. The molecule has 0 aliphatic rings. The molecule has 8 heteroatoms. The normalized spacial score (nSPS) is 14.3. The molecule has 1 rings (SSSR count). The zero-order valence-corrected chi connectivity index (χ0v) is 9.56. The molecule has 1 atom stereocenters. The fourth-order valence-corrected chi connectivity index (χ4v) is 1.39. The third-order valence-electron chi connectivity index (χ3n) is 2.54. The van der Waals surface area contributed by atoms with Crippen LogP contribution in [0.5, 0.6) is 0 Å². The number of halogens is 6. The van der Waals surface area contributed by atoms with Crippen molar-refractivity contribution in [2.75, 3.05) is 0 Å². The lowest BCUT2D eigenvalue weighted by Crippen LogP contribution is -2.20. The van der Waals surface area contributed by atoms with Gasteiger partial charge in [-0.25, -0.2) is 0 Å². The van der Waals surface area contributed by atoms with Crippen LogP contribution in [0.15, 0.2) is 18.2 Å². The van der Waals surface area contributed by atoms with Gasteiger partial charge in [0.1, 0.15) is 0 Å². The second kappa shape index (κ2) is 4.75. The predicted molar refractivity (Wildman–Crippen MR) is 54.1 cm³/mol. The molecule has 106 valence electrons. The first-order valence-electron chi connectivity index (χ1n) is 5.01. The quantitative estimate of drug-likeness (QED) is 0.832. The fourth-order valence-electron chi connectivity index (χ4n) is 1.39. The van der Waals surface area contributed by atoms with Crippen molar-refractivity contribution in [1.29, 1.82) is 0 Å². The average molecular weight is 285 g/mol. The molecule has 0 saturated carbocycles. The summed E-state index contributed by atoms with van der Waals surface area (Å²) in [5.74, 6) is -2.25. The number of carbonyl (C=O) groups is 1. The maximum absolute atomic E-state index is 12.5. The highest BCUT2D eigenvalue weighted by molar-refractivity contribution is 5.81. The van der Waals surface area contributed by atoms with E-state index in [0.29, 0.717) is 12.1 Å². The minimum atomic E-state index is -4.94. The zero-order valence-electron chi connectivity index (χ0n) is 9.56. The summed E-state index contributed by atoms with van der Waals surface area (Å²) < 4.78 is 75.1. The van der Waals surface area contributed by atoms with Gasteiger partial charge in [-0.1, -0.05) is 0 Å². The lowest BCUT2D eigenvalue weighted by atomic mass is 9.95. The SMILES string of the molecule is CC(C(N)=O)c1cc(C(F)(F)F)cc(C(F)(F)F)c1. The summed E-state index contributed by atoms with van der Waals surface area (Å²) >= 11 is 0. The van der Waals surface area contributed by atoms with Crippen LogP contribution in [0, 0.1) is 0 Å². The second-order valence-electron chi connectivity index (χ2n) is 3.96. The van der Waals surface area contributed by atoms with E-state index in [1.807, 2.05) is 0 Å². The van der Waals surface area contributed by atoms with E-state index in [2.05, 4.69) is 0 Å². The highest BCUT2D eigenvalue weighted by Crippen LogP contribution is 2.37. The number of hydrogen-bond donors (Lipinski definition) is 1. The molecule has 0 saturated heterocycles. The maximum atomic E-state index is 12.5. The molecule has 0 bridgehead atoms. The van der Waals surface area contributed by atoms with Gasteiger partial charge < -0.3 is 5.73 Å². The number of hydrogen-bond acceptors (Lipinski definition) is 1. The van der Waals surface area contributed by atoms with Crippen molar-refractivity contribution in [2.45, 2.75) is 25.2 Å². The molecule has 0 radical (unpaired) electrons. The van der Waals surface area contributed by atoms with E-state index < -0.39 is 40.9 Å². The number of carbonyl (C=O) groups excluding carboxylic acids is 1. The van der Waals surface area contributed by atoms with E-state index in [9.17, 15) is 31.1 Å². The van der Waals surface area contributed by atoms with Gasteiger partial charge in [-0.05, 0) is 30.7 Å². The van der Waals surface area contributed by atoms with E-state index in [4.69, 9.17) is 5.73 Å². The number of benzene rings is 1. The number of primary amides is 1. The van der Waals surface area contributed by atoms with Crippen molar-refractivity contribution in [1.82, 2.24) is 0 Å². The molecule has 1 amide bonds. The van der Waals surface area contributed by atoms with Gasteiger partial charge in [0, 0.05) is 0 Å². The van der Waals surface area contributed by atoms with Crippen LogP contribution in [-0.4, -0.2) is 5.91 Å². The van der Waals surface area contributed by atoms with Crippen molar-refractivity contribution in [3.8, 4) is 0 Å². The van der Waals surface area contributed by atoms with Crippen LogP contribution in [0.2, 0.25) is 0 Å². The Hall–Kier alpha value is -1.73. The molecule has 1 unspecified atom stereocenters. The van der Waals surface area contributed by atoms with Crippen molar-refractivity contribution < 1.29 is 31.1 Å². The number of rotatable bonds is 2. The zero-order chi connectivity index (χ0) is 15.0. The summed E-state index contributed by atoms with van der Waals surface area (Å²) in [6.45, 7) is 1.14. The van der Waals surface area contributed by atoms with Crippen molar-refractivity contribution in [3.05, 3.63) is 34.9 Å². The van der Waals surface area contributed by atoms with Crippen LogP contribution in [0.3, 0.4) is 0 Å². The number of amides is 1. The Balaban J connectivity index is 3.45. The van der Waals surface area contributed by atoms with E-state index >= 15 is 0 Å². The van der Waals surface area contributed by atoms with Gasteiger partial charge in [0.15, 0.2) is 0 Å². The summed E-state index contributed by atoms with van der Waals surface area (Å²) in [7, 11) is 0. The van der Waals surface area contributed by atoms with Crippen LogP contribution < -0.4 is 5.73 Å². The van der Waals surface area contributed by atoms with Crippen LogP contribution in [0.25, 0.3) is 0 Å². The van der Waals surface area contributed by atoms with E-state index in [1.165, 1.54) is 0 Å². The molecule has 0 aromatic heterocycles. The Bertz CT molecular complexity index is 459. The number of nitrogens with two attached hydrogens (primary N) is 1. The monoisotopic (exact) mass is 285 g/mol. The highest BCUT2D eigenvalue weighted by atomic mass is 19.4. The molecule has 19 heavy (non-hydrogen) atoms. The highest BCUT2D eigenvalue weighted by Gasteiger charge is 2.37. The molecule has 0 heterocycles. The molecular formula is C11H9F6NO. The van der Waals surface area contributed by atoms with Gasteiger partial charge in [0.05, 0.1) is 17.0 Å². The van der Waals surface area contributed by atoms with E-state index in [0.717, 1.165) is 6.92 Å². The molecule has 2 nitrogen and oxygen atoms in total. The van der Waals surface area contributed by atoms with Crippen LogP contribution in [-0.2, 0) is 17.1 Å². The molecule has 0 fully saturated rings. The maximum Gasteiger partial charge on any atom is 0.416 e. The summed E-state index contributed by atoms with van der Waals surface area (Å²) in [6, 6.07) is 0.979. The van der Waals surface area contributed by atoms with Crippen molar-refractivity contribution >= 4 is 5.91 Å². The largest absolute Gasteiger partial charge is 0.416 e. The van der Waals surface area contributed by atoms with Crippen molar-refractivity contribution in [2.24, 2.45) is 5.73 Å². The molecule has 0 aliphatic carbocycles. The van der Waals surface area contributed by atoms with Crippen molar-refractivity contribution in [3.63, 3.8) is 0 Å². The van der Waals surface area contributed by atoms with Gasteiger partial charge in [-0.15, -0.1) is 0 Å². The smallest absolute Gasteiger partial charge is 0.369 e. The number of alkyl halides is 6. The third kappa shape index (κ3) is 3.62. The predicted octanol–water partition coefficient (Wildman–Crippen LogP) is 3.31. The van der Waals surface area contributed by atoms with Gasteiger partial charge in [0.25, 0.3) is 0 Å². The van der Waals surface area contributed by atoms with Gasteiger partial charge in [-0.2, -0.15) is 26.3 Å². The summed E-state index contributed by atoms with van der Waals surface area (Å²) in [5.41, 5.74) is 1.53. The Kier molecular flexibility index (Phi) is 3.83. The Labute approximate surface area is 104 Å². The molecule has 2 N–H and O–H groups in total. The minimum Gasteiger partial charge on any atom is -0.369 e. The van der Waals surface area contributed by atoms with E-state index in [1.54, 1.807) is 0 Å². The second-order valence-corrected chi connectivity index (χ2v) is 3.96. The van der Waals surface area contributed by atoms with Crippen LogP contribution >= 0.6 is 0 Å². The third-order valence-corrected chi connectivity index (χ3v) is 2.54. The Morgan fingerprint density at radius 2 is 1.37 bits per heavy atom. The Morgan fingerprint density at radius 3 is 1.63 bits per heavy atom. The summed E-state index contributed by atoms with van der Waals surface area (Å²) in [6.07, 6.45) is -9.87. The molecule has 0 aliphatic heterocycles. The van der Waals surface area contributed by atoms with Gasteiger partial charge in [-0.3, -0.25) is 4.79 Å². The van der Waals surface area contributed by atoms with Crippen LogP contribution in [0.1, 0.15) is 29.5 Å². The first-order valence-corrected chi connectivity index (χ1v) is 5.01. The summed E-state index contributed by atoms with van der Waals surface area (Å²) in [5, 5.41) is 0. The van der Waals surface area contributed by atoms with E-state index in [-0.39, 0.29) is 6.07 Å².